The van der Waals surface area contributed by atoms with Crippen LogP contribution in [0.1, 0.15) is 39.0 Å². The third-order valence-corrected chi connectivity index (χ3v) is 3.47. The number of hydrogen-bond donors (Lipinski definition) is 2. The topological polar surface area (TPSA) is 52.0 Å². The molecule has 0 spiro atoms. The van der Waals surface area contributed by atoms with E-state index in [1.54, 1.807) is 0 Å². The normalized spacial score (nSPS) is 36.3. The Morgan fingerprint density at radius 3 is 2.33 bits per heavy atom. The van der Waals surface area contributed by atoms with Gasteiger partial charge in [0.05, 0.1) is 10.5 Å². The molecule has 1 saturated carbocycles. The highest BCUT2D eigenvalue weighted by atomic mass is 32.1. The van der Waals surface area contributed by atoms with Gasteiger partial charge < -0.3 is 11.5 Å². The van der Waals surface area contributed by atoms with Crippen molar-refractivity contribution in [2.75, 3.05) is 0 Å². The van der Waals surface area contributed by atoms with Gasteiger partial charge in [0.2, 0.25) is 0 Å². The fourth-order valence-electron chi connectivity index (χ4n) is 1.85. The molecule has 0 amide bonds. The Hall–Kier alpha value is -0.150. The van der Waals surface area contributed by atoms with Crippen LogP contribution in [0.25, 0.3) is 0 Å². The molecule has 0 aromatic carbocycles. The second kappa shape index (κ2) is 3.71. The van der Waals surface area contributed by atoms with E-state index in [4.69, 9.17) is 23.7 Å². The minimum atomic E-state index is -0.332. The van der Waals surface area contributed by atoms with E-state index >= 15 is 0 Å². The van der Waals surface area contributed by atoms with E-state index in [-0.39, 0.29) is 5.54 Å². The van der Waals surface area contributed by atoms with Crippen LogP contribution >= 0.6 is 12.2 Å². The first-order valence-electron chi connectivity index (χ1n) is 4.67. The molecule has 4 N–H and O–H groups in total. The summed E-state index contributed by atoms with van der Waals surface area (Å²) in [5.41, 5.74) is 11.3. The van der Waals surface area contributed by atoms with Crippen molar-refractivity contribution >= 4 is 17.2 Å². The minimum Gasteiger partial charge on any atom is -0.392 e. The standard InChI is InChI=1S/C9H18N2S/c1-2-7-3-5-9(11,6-4-7)8(10)12/h7H,2-6,11H2,1H3,(H2,10,12). The van der Waals surface area contributed by atoms with Crippen LogP contribution < -0.4 is 11.5 Å². The fraction of sp³-hybridized carbons (Fsp3) is 0.889. The molecule has 0 atom stereocenters. The molecule has 0 radical (unpaired) electrons. The molecule has 0 aromatic heterocycles. The Morgan fingerprint density at radius 2 is 2.00 bits per heavy atom. The summed E-state index contributed by atoms with van der Waals surface area (Å²) in [5.74, 6) is 0.844. The molecule has 1 fully saturated rings. The van der Waals surface area contributed by atoms with Crippen molar-refractivity contribution in [2.24, 2.45) is 17.4 Å². The molecular formula is C9H18N2S. The van der Waals surface area contributed by atoms with Gasteiger partial charge in [0.25, 0.3) is 0 Å². The monoisotopic (exact) mass is 186 g/mol. The Balaban J connectivity index is 2.49. The largest absolute Gasteiger partial charge is 0.392 e. The molecular weight excluding hydrogens is 168 g/mol. The maximum absolute atomic E-state index is 6.05. The van der Waals surface area contributed by atoms with Crippen LogP contribution in [0.4, 0.5) is 0 Å². The van der Waals surface area contributed by atoms with Crippen LogP contribution in [0.3, 0.4) is 0 Å². The van der Waals surface area contributed by atoms with Crippen LogP contribution in [0.2, 0.25) is 0 Å². The lowest BCUT2D eigenvalue weighted by Gasteiger charge is -2.35. The third kappa shape index (κ3) is 1.96. The summed E-state index contributed by atoms with van der Waals surface area (Å²) in [6, 6.07) is 0. The summed E-state index contributed by atoms with van der Waals surface area (Å²) in [6.45, 7) is 2.23. The summed E-state index contributed by atoms with van der Waals surface area (Å²) < 4.78 is 0. The SMILES string of the molecule is CCC1CCC(N)(C(N)=S)CC1. The maximum atomic E-state index is 6.05. The van der Waals surface area contributed by atoms with Crippen molar-refractivity contribution in [2.45, 2.75) is 44.6 Å². The number of nitrogens with two attached hydrogens (primary N) is 2. The average Bonchev–Trinajstić information content (AvgIpc) is 2.06. The molecule has 1 aliphatic carbocycles. The Kier molecular flexibility index (Phi) is 3.07. The number of rotatable bonds is 2. The van der Waals surface area contributed by atoms with Gasteiger partial charge in [-0.1, -0.05) is 25.6 Å². The first-order valence-corrected chi connectivity index (χ1v) is 5.08. The summed E-state index contributed by atoms with van der Waals surface area (Å²) in [5, 5.41) is 0. The van der Waals surface area contributed by atoms with Gasteiger partial charge in [0.1, 0.15) is 0 Å². The van der Waals surface area contributed by atoms with Crippen molar-refractivity contribution < 1.29 is 0 Å². The molecule has 0 aromatic rings. The quantitative estimate of drug-likeness (QED) is 0.644. The predicted octanol–water partition coefficient (Wildman–Crippen LogP) is 1.57. The summed E-state index contributed by atoms with van der Waals surface area (Å²) >= 11 is 4.96. The van der Waals surface area contributed by atoms with Crippen LogP contribution in [0, 0.1) is 5.92 Å². The Bertz CT molecular complexity index is 171. The highest BCUT2D eigenvalue weighted by Crippen LogP contribution is 2.32. The lowest BCUT2D eigenvalue weighted by Crippen LogP contribution is -2.53. The minimum absolute atomic E-state index is 0.332. The van der Waals surface area contributed by atoms with Crippen molar-refractivity contribution in [3.05, 3.63) is 0 Å². The fourth-order valence-corrected chi connectivity index (χ4v) is 2.05. The zero-order valence-corrected chi connectivity index (χ0v) is 8.49. The van der Waals surface area contributed by atoms with Crippen molar-refractivity contribution in [1.29, 1.82) is 0 Å². The highest BCUT2D eigenvalue weighted by molar-refractivity contribution is 7.80. The number of thiocarbonyl (C=S) groups is 1. The van der Waals surface area contributed by atoms with Gasteiger partial charge in [0.15, 0.2) is 0 Å². The smallest absolute Gasteiger partial charge is 0.0929 e. The van der Waals surface area contributed by atoms with Gasteiger partial charge in [-0.25, -0.2) is 0 Å². The summed E-state index contributed by atoms with van der Waals surface area (Å²) in [4.78, 5) is 0.497. The molecule has 3 heteroatoms. The van der Waals surface area contributed by atoms with E-state index in [0.717, 1.165) is 18.8 Å². The first-order chi connectivity index (χ1) is 5.58. The van der Waals surface area contributed by atoms with Crippen LogP contribution in [0.5, 0.6) is 0 Å². The van der Waals surface area contributed by atoms with E-state index in [9.17, 15) is 0 Å². The molecule has 70 valence electrons. The summed E-state index contributed by atoms with van der Waals surface area (Å²) in [7, 11) is 0. The van der Waals surface area contributed by atoms with E-state index in [0.29, 0.717) is 4.99 Å². The molecule has 1 rings (SSSR count). The molecule has 1 aliphatic rings. The second-order valence-corrected chi connectivity index (χ2v) is 4.31. The first kappa shape index (κ1) is 9.93. The Labute approximate surface area is 79.7 Å². The maximum Gasteiger partial charge on any atom is 0.0929 e. The van der Waals surface area contributed by atoms with Gasteiger partial charge in [-0.05, 0) is 31.6 Å². The average molecular weight is 186 g/mol. The molecule has 0 aliphatic heterocycles. The molecule has 0 bridgehead atoms. The van der Waals surface area contributed by atoms with Crippen molar-refractivity contribution in [3.63, 3.8) is 0 Å². The Morgan fingerprint density at radius 1 is 1.50 bits per heavy atom. The van der Waals surface area contributed by atoms with E-state index in [1.807, 2.05) is 0 Å². The van der Waals surface area contributed by atoms with Crippen molar-refractivity contribution in [1.82, 2.24) is 0 Å². The second-order valence-electron chi connectivity index (χ2n) is 3.87. The van der Waals surface area contributed by atoms with Crippen molar-refractivity contribution in [3.8, 4) is 0 Å². The van der Waals surface area contributed by atoms with Crippen LogP contribution in [0.15, 0.2) is 0 Å². The van der Waals surface area contributed by atoms with Gasteiger partial charge in [-0.2, -0.15) is 0 Å². The molecule has 0 saturated heterocycles. The highest BCUT2D eigenvalue weighted by Gasteiger charge is 2.33. The van der Waals surface area contributed by atoms with E-state index in [1.165, 1.54) is 19.3 Å². The van der Waals surface area contributed by atoms with Crippen LogP contribution in [-0.2, 0) is 0 Å². The van der Waals surface area contributed by atoms with E-state index < -0.39 is 0 Å². The lowest BCUT2D eigenvalue weighted by molar-refractivity contribution is 0.285. The zero-order chi connectivity index (χ0) is 9.19. The molecule has 12 heavy (non-hydrogen) atoms. The zero-order valence-electron chi connectivity index (χ0n) is 7.68. The summed E-state index contributed by atoms with van der Waals surface area (Å²) in [6.07, 6.45) is 5.57. The molecule has 0 heterocycles. The van der Waals surface area contributed by atoms with E-state index in [2.05, 4.69) is 6.92 Å². The van der Waals surface area contributed by atoms with Crippen LogP contribution in [-0.4, -0.2) is 10.5 Å². The lowest BCUT2D eigenvalue weighted by atomic mass is 9.76. The number of hydrogen-bond acceptors (Lipinski definition) is 2. The van der Waals surface area contributed by atoms with Gasteiger partial charge >= 0.3 is 0 Å². The predicted molar refractivity (Wildman–Crippen MR) is 56.0 cm³/mol. The molecule has 0 unspecified atom stereocenters. The van der Waals surface area contributed by atoms with Gasteiger partial charge in [-0.15, -0.1) is 0 Å². The third-order valence-electron chi connectivity index (χ3n) is 3.07. The molecule has 2 nitrogen and oxygen atoms in total. The van der Waals surface area contributed by atoms with Gasteiger partial charge in [-0.3, -0.25) is 0 Å². The van der Waals surface area contributed by atoms with Gasteiger partial charge in [0, 0.05) is 0 Å².